The maximum absolute atomic E-state index is 13.1. The molecule has 0 fully saturated rings. The number of allylic oxidation sites excluding steroid dienone is 25. The number of phosphoric acid groups is 2. The summed E-state index contributed by atoms with van der Waals surface area (Å²) < 4.78 is 68.3. The number of hydrogen-bond acceptors (Lipinski definition) is 15. The van der Waals surface area contributed by atoms with Gasteiger partial charge in [0.1, 0.15) is 19.3 Å². The topological polar surface area (TPSA) is 237 Å². The zero-order valence-corrected chi connectivity index (χ0v) is 63.6. The second kappa shape index (κ2) is 72.0. The minimum absolute atomic E-state index is 0.0714. The van der Waals surface area contributed by atoms with Crippen LogP contribution in [-0.2, 0) is 65.4 Å². The minimum atomic E-state index is -5.01. The maximum atomic E-state index is 13.1. The molecule has 0 aromatic carbocycles. The fourth-order valence-corrected chi connectivity index (χ4v) is 10.9. The molecular formula is C81H132O17P2. The molecule has 0 aliphatic carbocycles. The van der Waals surface area contributed by atoms with Crippen LogP contribution < -0.4 is 0 Å². The Hall–Kier alpha value is -5.32. The first-order chi connectivity index (χ1) is 48.7. The van der Waals surface area contributed by atoms with Crippen molar-refractivity contribution in [3.05, 3.63) is 158 Å². The molecule has 0 heterocycles. The fourth-order valence-electron chi connectivity index (χ4n) is 9.34. The van der Waals surface area contributed by atoms with Gasteiger partial charge >= 0.3 is 39.5 Å². The number of phosphoric ester groups is 2. The lowest BCUT2D eigenvalue weighted by molar-refractivity contribution is -0.161. The molecule has 0 spiro atoms. The van der Waals surface area contributed by atoms with Crippen LogP contribution in [-0.4, -0.2) is 96.7 Å². The summed E-state index contributed by atoms with van der Waals surface area (Å²) in [5, 5.41) is 10.6. The molecule has 19 heteroatoms. The summed E-state index contributed by atoms with van der Waals surface area (Å²) in [6.45, 7) is 4.30. The zero-order valence-electron chi connectivity index (χ0n) is 61.8. The molecule has 0 rings (SSSR count). The van der Waals surface area contributed by atoms with Gasteiger partial charge in [0.05, 0.1) is 32.8 Å². The Morgan fingerprint density at radius 3 is 0.900 bits per heavy atom. The monoisotopic (exact) mass is 1440 g/mol. The first-order valence-corrected chi connectivity index (χ1v) is 40.7. The van der Waals surface area contributed by atoms with Crippen molar-refractivity contribution in [2.24, 2.45) is 0 Å². The van der Waals surface area contributed by atoms with Crippen LogP contribution in [0.5, 0.6) is 0 Å². The Morgan fingerprint density at radius 2 is 0.560 bits per heavy atom. The van der Waals surface area contributed by atoms with Crippen LogP contribution in [0.1, 0.15) is 272 Å². The molecule has 568 valence electrons. The highest BCUT2D eigenvalue weighted by atomic mass is 31.2. The van der Waals surface area contributed by atoms with E-state index in [1.807, 2.05) is 12.2 Å². The Balaban J connectivity index is 5.43. The first kappa shape index (κ1) is 94.7. The van der Waals surface area contributed by atoms with Crippen LogP contribution in [0.15, 0.2) is 158 Å². The van der Waals surface area contributed by atoms with Gasteiger partial charge in [0.25, 0.3) is 0 Å². The van der Waals surface area contributed by atoms with Gasteiger partial charge in [-0.25, -0.2) is 9.13 Å². The Kier molecular flexibility index (Phi) is 68.2. The SMILES string of the molecule is CC/C=C\C/C=C\C/C=C\C/C=C\C/C=C\CC(=O)OC(COC(=O)CCCCCCCCC/C=C\C/C=C\C/C=C\CC)COP(=O)(O)OCC(O)COP(=O)(O)OCC(COC(=O)CCCCCC/C=C\C/C=C\C/C=C\C/C=C\CC)OC(=O)CCCCCCC/C=C\CCCC. The molecule has 0 aliphatic rings. The highest BCUT2D eigenvalue weighted by molar-refractivity contribution is 7.47. The maximum Gasteiger partial charge on any atom is 0.472 e. The second-order valence-corrected chi connectivity index (χ2v) is 27.4. The van der Waals surface area contributed by atoms with Crippen molar-refractivity contribution in [1.29, 1.82) is 0 Å². The van der Waals surface area contributed by atoms with Crippen molar-refractivity contribution >= 4 is 39.5 Å². The normalized spacial score (nSPS) is 14.8. The van der Waals surface area contributed by atoms with E-state index in [1.54, 1.807) is 12.2 Å². The summed E-state index contributed by atoms with van der Waals surface area (Å²) in [4.78, 5) is 72.8. The lowest BCUT2D eigenvalue weighted by atomic mass is 10.1. The smallest absolute Gasteiger partial charge is 0.462 e. The molecule has 17 nitrogen and oxygen atoms in total. The molecule has 3 N–H and O–H groups in total. The minimum Gasteiger partial charge on any atom is -0.462 e. The average Bonchev–Trinajstić information content (AvgIpc) is 1.02. The number of rotatable bonds is 69. The van der Waals surface area contributed by atoms with E-state index < -0.39 is 97.5 Å². The third-order valence-corrected chi connectivity index (χ3v) is 16.9. The molecule has 0 bridgehead atoms. The lowest BCUT2D eigenvalue weighted by Gasteiger charge is -2.21. The summed E-state index contributed by atoms with van der Waals surface area (Å²) >= 11 is 0. The van der Waals surface area contributed by atoms with Crippen LogP contribution in [0.25, 0.3) is 0 Å². The van der Waals surface area contributed by atoms with E-state index in [2.05, 4.69) is 161 Å². The van der Waals surface area contributed by atoms with E-state index in [-0.39, 0.29) is 25.7 Å². The molecule has 0 saturated heterocycles. The number of esters is 4. The number of ether oxygens (including phenoxy) is 4. The quantitative estimate of drug-likeness (QED) is 0.0169. The highest BCUT2D eigenvalue weighted by Crippen LogP contribution is 2.45. The molecule has 0 saturated carbocycles. The van der Waals surface area contributed by atoms with Crippen molar-refractivity contribution in [1.82, 2.24) is 0 Å². The van der Waals surface area contributed by atoms with Crippen LogP contribution >= 0.6 is 15.6 Å². The van der Waals surface area contributed by atoms with Gasteiger partial charge in [-0.2, -0.15) is 0 Å². The van der Waals surface area contributed by atoms with Crippen molar-refractivity contribution in [2.45, 2.75) is 290 Å². The highest BCUT2D eigenvalue weighted by Gasteiger charge is 2.30. The van der Waals surface area contributed by atoms with Crippen molar-refractivity contribution in [2.75, 3.05) is 39.6 Å². The third-order valence-electron chi connectivity index (χ3n) is 15.0. The summed E-state index contributed by atoms with van der Waals surface area (Å²) in [5.41, 5.74) is 0. The van der Waals surface area contributed by atoms with E-state index >= 15 is 0 Å². The van der Waals surface area contributed by atoms with Gasteiger partial charge in [-0.3, -0.25) is 37.3 Å². The molecule has 0 radical (unpaired) electrons. The van der Waals surface area contributed by atoms with Gasteiger partial charge < -0.3 is 33.8 Å². The van der Waals surface area contributed by atoms with Gasteiger partial charge in [0, 0.05) is 19.3 Å². The van der Waals surface area contributed by atoms with Crippen molar-refractivity contribution < 1.29 is 80.2 Å². The van der Waals surface area contributed by atoms with E-state index in [9.17, 15) is 43.2 Å². The largest absolute Gasteiger partial charge is 0.472 e. The Morgan fingerprint density at radius 1 is 0.300 bits per heavy atom. The molecule has 0 aromatic heterocycles. The van der Waals surface area contributed by atoms with Gasteiger partial charge in [-0.05, 0) is 141 Å². The summed E-state index contributed by atoms with van der Waals surface area (Å²) in [6, 6.07) is 0. The number of unbranched alkanes of at least 4 members (excludes halogenated alkanes) is 18. The summed E-state index contributed by atoms with van der Waals surface area (Å²) in [7, 11) is -10.0. The molecule has 100 heavy (non-hydrogen) atoms. The number of aliphatic hydroxyl groups excluding tert-OH is 1. The average molecular weight is 1440 g/mol. The van der Waals surface area contributed by atoms with Gasteiger partial charge in [0.15, 0.2) is 12.2 Å². The van der Waals surface area contributed by atoms with Crippen LogP contribution in [0, 0.1) is 0 Å². The third kappa shape index (κ3) is 71.1. The van der Waals surface area contributed by atoms with E-state index in [0.717, 1.165) is 180 Å². The number of hydrogen-bond donors (Lipinski definition) is 3. The zero-order chi connectivity index (χ0) is 73.2. The van der Waals surface area contributed by atoms with Gasteiger partial charge in [-0.1, -0.05) is 263 Å². The molecule has 0 aliphatic heterocycles. The summed E-state index contributed by atoms with van der Waals surface area (Å²) in [5.74, 6) is -2.38. The molecule has 0 aromatic rings. The fraction of sp³-hybridized carbons (Fsp3) is 0.630. The van der Waals surface area contributed by atoms with Gasteiger partial charge in [-0.15, -0.1) is 0 Å². The Labute approximate surface area is 604 Å². The van der Waals surface area contributed by atoms with Crippen molar-refractivity contribution in [3.8, 4) is 0 Å². The summed E-state index contributed by atoms with van der Waals surface area (Å²) in [6.07, 6.45) is 82.7. The number of carbonyl (C=O) groups is 4. The van der Waals surface area contributed by atoms with Crippen LogP contribution in [0.2, 0.25) is 0 Å². The van der Waals surface area contributed by atoms with E-state index in [0.29, 0.717) is 25.7 Å². The van der Waals surface area contributed by atoms with Crippen molar-refractivity contribution in [3.63, 3.8) is 0 Å². The number of aliphatic hydroxyl groups is 1. The standard InChI is InChI=1S/C81H132O17P2/c1-5-9-13-17-21-25-29-32-35-37-40-42-46-49-53-57-61-65-78(83)91-71-76(97-80(85)67-63-59-55-51-45-28-24-20-16-12-8-4)73-95-99(87,88)93-69-75(82)70-94-100(89,90)96-74-77(98-81(86)68-64-60-56-52-48-44-39-34-31-27-23-19-15-11-7-3)72-92-79(84)66-62-58-54-50-47-43-41-38-36-33-30-26-22-18-14-10-6-2/h9-11,13-15,20-27,32-36,39-40,42,48,52,60,64,75-77,82H,5-8,12,16-19,28-31,37-38,41,43-47,49-51,53-59,61-63,65-74H2,1-4H3,(H,87,88)(H,89,90)/b13-9-,14-10-,15-11-,24-20-,25-21-,26-22-,27-23-,35-32-,36-33-,39-34-,42-40-,52-48-,64-60-. The number of carbonyl (C=O) groups excluding carboxylic acids is 4. The molecule has 5 atom stereocenters. The molecular weight excluding hydrogens is 1310 g/mol. The van der Waals surface area contributed by atoms with Crippen LogP contribution in [0.4, 0.5) is 0 Å². The van der Waals surface area contributed by atoms with E-state index in [4.69, 9.17) is 37.0 Å². The predicted octanol–water partition coefficient (Wildman–Crippen LogP) is 21.7. The molecule has 5 unspecified atom stereocenters. The predicted molar refractivity (Wildman–Crippen MR) is 408 cm³/mol. The van der Waals surface area contributed by atoms with E-state index in [1.165, 1.54) is 12.8 Å². The van der Waals surface area contributed by atoms with Crippen LogP contribution in [0.3, 0.4) is 0 Å². The molecule has 0 amide bonds. The second-order valence-electron chi connectivity index (χ2n) is 24.5. The Bertz CT molecular complexity index is 2520. The first-order valence-electron chi connectivity index (χ1n) is 37.7. The lowest BCUT2D eigenvalue weighted by Crippen LogP contribution is -2.30. The van der Waals surface area contributed by atoms with Gasteiger partial charge in [0.2, 0.25) is 0 Å².